The highest BCUT2D eigenvalue weighted by Crippen LogP contribution is 2.09. The number of methoxy groups -OCH3 is 3. The van der Waals surface area contributed by atoms with Crippen molar-refractivity contribution in [3.05, 3.63) is 0 Å². The van der Waals surface area contributed by atoms with Crippen molar-refractivity contribution in [1.29, 1.82) is 0 Å². The fraction of sp³-hybridized carbons (Fsp3) is 0.840. The van der Waals surface area contributed by atoms with Crippen molar-refractivity contribution in [3.8, 4) is 0 Å². The Balaban J connectivity index is 7.54. The van der Waals surface area contributed by atoms with Gasteiger partial charge >= 0.3 is 0 Å². The average molecular weight is 1800 g/mol. The highest BCUT2D eigenvalue weighted by atomic mass is 16.6. The van der Waals surface area contributed by atoms with E-state index in [-0.39, 0.29) is 290 Å². The number of carbonyl (C=O) groups is 12. The topological polar surface area (TPSA) is 634 Å². The van der Waals surface area contributed by atoms with Crippen molar-refractivity contribution in [2.75, 3.05) is 416 Å². The van der Waals surface area contributed by atoms with Gasteiger partial charge < -0.3 is 186 Å². The molecule has 0 aliphatic rings. The van der Waals surface area contributed by atoms with E-state index in [1.807, 2.05) is 0 Å². The summed E-state index contributed by atoms with van der Waals surface area (Å²) in [6.45, 7) is -8.92. The van der Waals surface area contributed by atoms with Crippen LogP contribution in [0.25, 0.3) is 0 Å². The number of hydrogen-bond acceptors (Lipinski definition) is 37. The fourth-order valence-corrected chi connectivity index (χ4v) is 10.8. The van der Waals surface area contributed by atoms with Crippen molar-refractivity contribution in [2.45, 2.75) is 0 Å². The molecule has 0 aromatic rings. The molecule has 0 atom stereocenters. The highest BCUT2D eigenvalue weighted by Gasteiger charge is 2.33. The number of nitrogens with zero attached hydrogens (tertiary/aromatic N) is 11. The van der Waals surface area contributed by atoms with Crippen molar-refractivity contribution in [3.63, 3.8) is 0 Å². The lowest BCUT2D eigenvalue weighted by Gasteiger charge is -2.33. The molecule has 0 unspecified atom stereocenters. The van der Waals surface area contributed by atoms with Crippen molar-refractivity contribution < 1.29 is 144 Å². The van der Waals surface area contributed by atoms with E-state index in [2.05, 4.69) is 5.32 Å². The van der Waals surface area contributed by atoms with E-state index in [4.69, 9.17) is 116 Å². The molecule has 0 saturated heterocycles. The van der Waals surface area contributed by atoms with E-state index < -0.39 is 143 Å². The molecule has 0 heterocycles. The predicted octanol–water partition coefficient (Wildman–Crippen LogP) is -13.0. The molecule has 0 fully saturated rings. The summed E-state index contributed by atoms with van der Waals surface area (Å²) in [5.74, 6) is -9.25. The molecule has 0 aliphatic carbocycles. The largest absolute Gasteiger partial charge is 0.394 e. The fourth-order valence-electron chi connectivity index (χ4n) is 10.8. The zero-order valence-corrected chi connectivity index (χ0v) is 73.3. The van der Waals surface area contributed by atoms with Gasteiger partial charge in [0, 0.05) is 139 Å². The van der Waals surface area contributed by atoms with Crippen LogP contribution < -0.4 is 45.5 Å². The highest BCUT2D eigenvalue weighted by molar-refractivity contribution is 5.95. The second-order valence-electron chi connectivity index (χ2n) is 26.8. The van der Waals surface area contributed by atoms with Crippen LogP contribution in [0.5, 0.6) is 0 Å². The third-order valence-electron chi connectivity index (χ3n) is 17.3. The van der Waals surface area contributed by atoms with Crippen LogP contribution in [0.1, 0.15) is 0 Å². The quantitative estimate of drug-likeness (QED) is 0.0252. The summed E-state index contributed by atoms with van der Waals surface area (Å²) in [7, 11) is 4.55. The van der Waals surface area contributed by atoms with Gasteiger partial charge in [-0.05, 0) is 0 Å². The summed E-state index contributed by atoms with van der Waals surface area (Å²) in [4.78, 5) is 183. The Morgan fingerprint density at radius 1 is 0.218 bits per heavy atom. The van der Waals surface area contributed by atoms with Crippen LogP contribution in [0, 0.1) is 0 Å². The first-order valence-corrected chi connectivity index (χ1v) is 41.5. The number of rotatable bonds is 87. The Kier molecular flexibility index (Phi) is 75.5. The van der Waals surface area contributed by atoms with E-state index in [1.54, 1.807) is 0 Å². The summed E-state index contributed by atoms with van der Waals surface area (Å²) in [5.41, 5.74) is 41.3. The Morgan fingerprint density at radius 3 is 0.548 bits per heavy atom. The number of amides is 12. The zero-order valence-electron chi connectivity index (χ0n) is 73.3. The number of nitrogens with two attached hydrogens (primary N) is 7. The number of aliphatic hydroxyl groups excluding tert-OH is 3. The van der Waals surface area contributed by atoms with Crippen molar-refractivity contribution >= 4 is 70.9 Å². The van der Waals surface area contributed by atoms with Gasteiger partial charge in [-0.3, -0.25) is 57.5 Å². The molecule has 0 rings (SSSR count). The van der Waals surface area contributed by atoms with Crippen molar-refractivity contribution in [2.24, 2.45) is 40.1 Å². The molecule has 0 aromatic heterocycles. The first-order valence-electron chi connectivity index (χ1n) is 41.5. The van der Waals surface area contributed by atoms with E-state index in [0.29, 0.717) is 33.0 Å². The molecule has 49 heteroatoms. The molecule has 49 nitrogen and oxygen atoms in total. The van der Waals surface area contributed by atoms with Crippen LogP contribution in [-0.4, -0.2) is 556 Å². The standard InChI is InChI=1S/C75H147N19O30/c1-110-34-37-122-49-43-114-26-17-90(65(99)52-83-10-4-76)59-66(100)85(12-6-78)55-72(106)93(20-29-117-44-50-123-38-35-111-2)62-69(103)88(15-9-81)58-75(109)94(21-30-118-45-51-124-39-36-112-3)63-70(104)87(14-8-80)57-74(108)92(19-28-116-42-48-121-33-24-97)61-68(102)86(13-7-79)56-73(107)91(18-27-115-41-47-120-32-23-96)60-67(101)84(11-5-77)54-71(105)89(53-64(82)98)16-25-113-40-46-119-31-22-95/h83,95-97H,4-63,76-81H2,1-3H3,(H2,82,98). The maximum Gasteiger partial charge on any atom is 0.242 e. The van der Waals surface area contributed by atoms with Gasteiger partial charge in [-0.1, -0.05) is 0 Å². The molecule has 0 saturated carbocycles. The Morgan fingerprint density at radius 2 is 0.379 bits per heavy atom. The minimum absolute atomic E-state index is 0.000312. The van der Waals surface area contributed by atoms with Crippen LogP contribution in [0.2, 0.25) is 0 Å². The minimum atomic E-state index is -0.862. The monoisotopic (exact) mass is 1790 g/mol. The van der Waals surface area contributed by atoms with E-state index in [1.165, 1.54) is 26.2 Å². The van der Waals surface area contributed by atoms with Crippen LogP contribution in [-0.2, 0) is 129 Å². The molecular weight excluding hydrogens is 1650 g/mol. The third-order valence-corrected chi connectivity index (χ3v) is 17.3. The molecule has 0 bridgehead atoms. The summed E-state index contributed by atoms with van der Waals surface area (Å²) in [5, 5.41) is 30.3. The number of ether oxygens (including phenoxy) is 15. The molecule has 18 N–H and O–H groups in total. The number of nitrogens with one attached hydrogen (secondary N) is 1. The van der Waals surface area contributed by atoms with Gasteiger partial charge in [-0.25, -0.2) is 0 Å². The van der Waals surface area contributed by atoms with Gasteiger partial charge in [-0.2, -0.15) is 0 Å². The summed E-state index contributed by atoms with van der Waals surface area (Å²) in [6.07, 6.45) is 0. The molecule has 0 aliphatic heterocycles. The lowest BCUT2D eigenvalue weighted by atomic mass is 10.3. The molecule has 12 amide bonds. The number of primary amides is 1. The summed E-state index contributed by atoms with van der Waals surface area (Å²) in [6, 6.07) is 0. The maximum absolute atomic E-state index is 14.9. The summed E-state index contributed by atoms with van der Waals surface area (Å²) >= 11 is 0. The van der Waals surface area contributed by atoms with Crippen LogP contribution in [0.15, 0.2) is 0 Å². The first kappa shape index (κ1) is 117. The average Bonchev–Trinajstić information content (AvgIpc) is 0.877. The number of hydrogen-bond donors (Lipinski definition) is 11. The smallest absolute Gasteiger partial charge is 0.242 e. The molecule has 0 spiro atoms. The van der Waals surface area contributed by atoms with Gasteiger partial charge in [0.25, 0.3) is 0 Å². The van der Waals surface area contributed by atoms with Gasteiger partial charge in [0.2, 0.25) is 70.9 Å². The summed E-state index contributed by atoms with van der Waals surface area (Å²) < 4.78 is 81.6. The van der Waals surface area contributed by atoms with Crippen LogP contribution in [0.4, 0.5) is 0 Å². The third kappa shape index (κ3) is 59.6. The van der Waals surface area contributed by atoms with E-state index in [0.717, 1.165) is 49.0 Å². The van der Waals surface area contributed by atoms with Crippen LogP contribution in [0.3, 0.4) is 0 Å². The van der Waals surface area contributed by atoms with Crippen LogP contribution >= 0.6 is 0 Å². The zero-order chi connectivity index (χ0) is 92.0. The van der Waals surface area contributed by atoms with E-state index >= 15 is 0 Å². The normalized spacial score (nSPS) is 11.2. The number of aliphatic hydroxyl groups is 3. The van der Waals surface area contributed by atoms with Gasteiger partial charge in [0.05, 0.1) is 277 Å². The first-order chi connectivity index (χ1) is 60.0. The lowest BCUT2D eigenvalue weighted by molar-refractivity contribution is -0.149. The molecule has 0 aromatic carbocycles. The van der Waals surface area contributed by atoms with Gasteiger partial charge in [0.1, 0.15) is 0 Å². The molecular formula is C75H147N19O30. The maximum atomic E-state index is 14.9. The Bertz CT molecular complexity index is 2830. The molecule has 124 heavy (non-hydrogen) atoms. The van der Waals surface area contributed by atoms with Gasteiger partial charge in [0.15, 0.2) is 0 Å². The second-order valence-corrected chi connectivity index (χ2v) is 26.8. The predicted molar refractivity (Wildman–Crippen MR) is 445 cm³/mol. The number of carbonyl (C=O) groups excluding carboxylic acids is 12. The lowest BCUT2D eigenvalue weighted by Crippen LogP contribution is -2.54. The molecule has 722 valence electrons. The Labute approximate surface area is 727 Å². The van der Waals surface area contributed by atoms with E-state index in [9.17, 15) is 67.7 Å². The van der Waals surface area contributed by atoms with Crippen molar-refractivity contribution in [1.82, 2.24) is 59.2 Å². The molecule has 0 radical (unpaired) electrons. The minimum Gasteiger partial charge on any atom is -0.394 e. The second kappa shape index (κ2) is 80.2. The van der Waals surface area contributed by atoms with Gasteiger partial charge in [-0.15, -0.1) is 0 Å². The SMILES string of the molecule is COCCOCCOCCN(CC(=O)N(CCN)CC(=O)N(CCOCCOCCOC)CC(=O)N(CCN)CC(=O)N(CCOCCOCCOC)CC(=O)N(CCN)CC(=O)N(CCOCCOCCO)CC(=O)N(CCN)CC(=O)N(CCOCCOCCO)CC(=O)N(CCN)CC(=O)N(CCOCCOCCO)CC(N)=O)C(=O)CNCCN. The Hall–Kier alpha value is -7.36.